The highest BCUT2D eigenvalue weighted by atomic mass is 19.1. The lowest BCUT2D eigenvalue weighted by molar-refractivity contribution is 0.185. The van der Waals surface area contributed by atoms with E-state index < -0.39 is 0 Å². The van der Waals surface area contributed by atoms with Gasteiger partial charge in [0.1, 0.15) is 0 Å². The standard InChI is InChI=1S/C16H24FN3/c17-15-11-18-7-6-16(15)20-10-4-5-14(13-20)12-19-8-2-1-3-9-19/h6-7,11,14H,1-5,8-10,12-13H2/t14-/m0/s1. The van der Waals surface area contributed by atoms with Crippen molar-refractivity contribution in [3.63, 3.8) is 0 Å². The van der Waals surface area contributed by atoms with Crippen molar-refractivity contribution < 1.29 is 4.39 Å². The second-order valence-corrected chi connectivity index (χ2v) is 6.14. The first-order chi connectivity index (χ1) is 9.83. The molecular formula is C16H24FN3. The third-order valence-corrected chi connectivity index (χ3v) is 4.58. The smallest absolute Gasteiger partial charge is 0.164 e. The fraction of sp³-hybridized carbons (Fsp3) is 0.688. The zero-order chi connectivity index (χ0) is 13.8. The Kier molecular flexibility index (Phi) is 4.51. The van der Waals surface area contributed by atoms with Gasteiger partial charge in [-0.1, -0.05) is 6.42 Å². The van der Waals surface area contributed by atoms with E-state index >= 15 is 0 Å². The number of aromatic nitrogens is 1. The minimum Gasteiger partial charge on any atom is -0.369 e. The van der Waals surface area contributed by atoms with Gasteiger partial charge >= 0.3 is 0 Å². The Morgan fingerprint density at radius 3 is 2.80 bits per heavy atom. The SMILES string of the molecule is Fc1cnccc1N1CCC[C@@H](CN2CCCCC2)C1. The van der Waals surface area contributed by atoms with Gasteiger partial charge in [-0.2, -0.15) is 0 Å². The van der Waals surface area contributed by atoms with Crippen LogP contribution in [0.5, 0.6) is 0 Å². The predicted octanol–water partition coefficient (Wildman–Crippen LogP) is 2.92. The number of likely N-dealkylation sites (tertiary alicyclic amines) is 1. The Morgan fingerprint density at radius 2 is 2.00 bits per heavy atom. The summed E-state index contributed by atoms with van der Waals surface area (Å²) in [5.41, 5.74) is 0.725. The molecule has 0 bridgehead atoms. The van der Waals surface area contributed by atoms with Gasteiger partial charge in [0, 0.05) is 25.8 Å². The van der Waals surface area contributed by atoms with Crippen molar-refractivity contribution in [2.45, 2.75) is 32.1 Å². The Bertz CT molecular complexity index is 431. The molecule has 110 valence electrons. The minimum absolute atomic E-state index is 0.189. The molecule has 2 saturated heterocycles. The Balaban J connectivity index is 1.60. The fourth-order valence-corrected chi connectivity index (χ4v) is 3.56. The van der Waals surface area contributed by atoms with E-state index in [4.69, 9.17) is 0 Å². The molecule has 2 aliphatic rings. The lowest BCUT2D eigenvalue weighted by Gasteiger charge is -2.38. The lowest BCUT2D eigenvalue weighted by Crippen LogP contribution is -2.42. The van der Waals surface area contributed by atoms with Crippen molar-refractivity contribution in [1.82, 2.24) is 9.88 Å². The van der Waals surface area contributed by atoms with Crippen LogP contribution in [-0.4, -0.2) is 42.6 Å². The minimum atomic E-state index is -0.189. The summed E-state index contributed by atoms with van der Waals surface area (Å²) in [6.07, 6.45) is 9.52. The van der Waals surface area contributed by atoms with Crippen LogP contribution in [0.3, 0.4) is 0 Å². The average molecular weight is 277 g/mol. The van der Waals surface area contributed by atoms with Gasteiger partial charge in [-0.05, 0) is 50.8 Å². The van der Waals surface area contributed by atoms with Crippen molar-refractivity contribution in [1.29, 1.82) is 0 Å². The molecule has 2 aliphatic heterocycles. The number of pyridine rings is 1. The van der Waals surface area contributed by atoms with E-state index in [9.17, 15) is 4.39 Å². The highest BCUT2D eigenvalue weighted by Crippen LogP contribution is 2.26. The van der Waals surface area contributed by atoms with Gasteiger partial charge in [0.15, 0.2) is 5.82 Å². The summed E-state index contributed by atoms with van der Waals surface area (Å²) < 4.78 is 13.8. The number of hydrogen-bond acceptors (Lipinski definition) is 3. The van der Waals surface area contributed by atoms with Gasteiger partial charge in [0.2, 0.25) is 0 Å². The normalized spacial score (nSPS) is 24.9. The van der Waals surface area contributed by atoms with Crippen LogP contribution >= 0.6 is 0 Å². The van der Waals surface area contributed by atoms with E-state index in [0.29, 0.717) is 5.92 Å². The van der Waals surface area contributed by atoms with Gasteiger partial charge in [-0.3, -0.25) is 4.98 Å². The van der Waals surface area contributed by atoms with Crippen molar-refractivity contribution in [3.05, 3.63) is 24.3 Å². The molecule has 0 spiro atoms. The maximum atomic E-state index is 13.8. The number of rotatable bonds is 3. The molecule has 0 amide bonds. The fourth-order valence-electron chi connectivity index (χ4n) is 3.56. The molecule has 1 atom stereocenters. The van der Waals surface area contributed by atoms with Crippen LogP contribution in [0.4, 0.5) is 10.1 Å². The number of anilines is 1. The van der Waals surface area contributed by atoms with Crippen LogP contribution in [0.1, 0.15) is 32.1 Å². The summed E-state index contributed by atoms with van der Waals surface area (Å²) in [5, 5.41) is 0. The molecular weight excluding hydrogens is 253 g/mol. The van der Waals surface area contributed by atoms with Crippen LogP contribution in [0.2, 0.25) is 0 Å². The molecule has 0 unspecified atom stereocenters. The summed E-state index contributed by atoms with van der Waals surface area (Å²) in [6, 6.07) is 1.80. The zero-order valence-corrected chi connectivity index (χ0v) is 12.1. The predicted molar refractivity (Wildman–Crippen MR) is 79.4 cm³/mol. The molecule has 3 heterocycles. The van der Waals surface area contributed by atoms with E-state index in [-0.39, 0.29) is 5.82 Å². The number of halogens is 1. The first-order valence-corrected chi connectivity index (χ1v) is 7.90. The van der Waals surface area contributed by atoms with E-state index in [1.54, 1.807) is 12.3 Å². The first kappa shape index (κ1) is 13.8. The topological polar surface area (TPSA) is 19.4 Å². The van der Waals surface area contributed by atoms with Crippen LogP contribution in [0, 0.1) is 11.7 Å². The Morgan fingerprint density at radius 1 is 1.15 bits per heavy atom. The van der Waals surface area contributed by atoms with E-state index in [1.165, 1.54) is 57.9 Å². The van der Waals surface area contributed by atoms with Crippen LogP contribution in [0.25, 0.3) is 0 Å². The quantitative estimate of drug-likeness (QED) is 0.847. The second-order valence-electron chi connectivity index (χ2n) is 6.14. The van der Waals surface area contributed by atoms with Crippen molar-refractivity contribution in [3.8, 4) is 0 Å². The van der Waals surface area contributed by atoms with Crippen LogP contribution in [0.15, 0.2) is 18.5 Å². The molecule has 2 fully saturated rings. The number of nitrogens with zero attached hydrogens (tertiary/aromatic N) is 3. The average Bonchev–Trinajstić information content (AvgIpc) is 2.49. The van der Waals surface area contributed by atoms with Crippen molar-refractivity contribution in [2.75, 3.05) is 37.6 Å². The van der Waals surface area contributed by atoms with E-state index in [2.05, 4.69) is 14.8 Å². The Labute approximate surface area is 120 Å². The summed E-state index contributed by atoms with van der Waals surface area (Å²) in [7, 11) is 0. The van der Waals surface area contributed by atoms with Gasteiger partial charge < -0.3 is 9.80 Å². The monoisotopic (exact) mass is 277 g/mol. The third-order valence-electron chi connectivity index (χ3n) is 4.58. The molecule has 0 aliphatic carbocycles. The van der Waals surface area contributed by atoms with E-state index in [1.807, 2.05) is 0 Å². The Hall–Kier alpha value is -1.16. The highest BCUT2D eigenvalue weighted by molar-refractivity contribution is 5.46. The number of hydrogen-bond donors (Lipinski definition) is 0. The maximum Gasteiger partial charge on any atom is 0.164 e. The van der Waals surface area contributed by atoms with Crippen molar-refractivity contribution in [2.24, 2.45) is 5.92 Å². The molecule has 4 heteroatoms. The second kappa shape index (κ2) is 6.53. The van der Waals surface area contributed by atoms with Crippen molar-refractivity contribution >= 4 is 5.69 Å². The van der Waals surface area contributed by atoms with Crippen LogP contribution < -0.4 is 4.90 Å². The molecule has 3 nitrogen and oxygen atoms in total. The van der Waals surface area contributed by atoms with Crippen LogP contribution in [-0.2, 0) is 0 Å². The zero-order valence-electron chi connectivity index (χ0n) is 12.1. The van der Waals surface area contributed by atoms with Gasteiger partial charge in [0.25, 0.3) is 0 Å². The molecule has 0 radical (unpaired) electrons. The summed E-state index contributed by atoms with van der Waals surface area (Å²) >= 11 is 0. The third kappa shape index (κ3) is 3.29. The first-order valence-electron chi connectivity index (χ1n) is 7.90. The molecule has 0 saturated carbocycles. The molecule has 1 aromatic rings. The molecule has 1 aromatic heterocycles. The molecule has 3 rings (SSSR count). The lowest BCUT2D eigenvalue weighted by atomic mass is 9.96. The van der Waals surface area contributed by atoms with E-state index in [0.717, 1.165) is 18.8 Å². The largest absolute Gasteiger partial charge is 0.369 e. The number of piperidine rings is 2. The summed E-state index contributed by atoms with van der Waals surface area (Å²) in [5.74, 6) is 0.487. The maximum absolute atomic E-state index is 13.8. The summed E-state index contributed by atoms with van der Waals surface area (Å²) in [6.45, 7) is 5.64. The molecule has 0 aromatic carbocycles. The molecule has 20 heavy (non-hydrogen) atoms. The van der Waals surface area contributed by atoms with Gasteiger partial charge in [-0.25, -0.2) is 4.39 Å². The summed E-state index contributed by atoms with van der Waals surface area (Å²) in [4.78, 5) is 8.64. The van der Waals surface area contributed by atoms with Gasteiger partial charge in [0.05, 0.1) is 11.9 Å². The highest BCUT2D eigenvalue weighted by Gasteiger charge is 2.24. The van der Waals surface area contributed by atoms with Gasteiger partial charge in [-0.15, -0.1) is 0 Å². The molecule has 0 N–H and O–H groups in total.